The van der Waals surface area contributed by atoms with Crippen molar-refractivity contribution in [3.63, 3.8) is 0 Å². The number of nitrogens with two attached hydrogens (primary N) is 1. The van der Waals surface area contributed by atoms with Gasteiger partial charge in [0.15, 0.2) is 5.69 Å². The normalized spacial score (nSPS) is 12.0. The molecule has 9 heteroatoms. The van der Waals surface area contributed by atoms with E-state index in [4.69, 9.17) is 5.73 Å². The van der Waals surface area contributed by atoms with Gasteiger partial charge in [-0.05, 0) is 53.6 Å². The molecule has 33 heavy (non-hydrogen) atoms. The van der Waals surface area contributed by atoms with E-state index >= 15 is 0 Å². The smallest absolute Gasteiger partial charge is 0.368 e. The Kier molecular flexibility index (Phi) is 5.16. The summed E-state index contributed by atoms with van der Waals surface area (Å²) in [7, 11) is 0. The topological polar surface area (TPSA) is 95.4 Å². The minimum atomic E-state index is -4.65. The number of hydrogen-bond acceptors (Lipinski definition) is 4. The minimum absolute atomic E-state index is 0.00436. The van der Waals surface area contributed by atoms with Crippen molar-refractivity contribution in [2.24, 2.45) is 0 Å². The SMILES string of the molecule is Nc1nc(NCc2ccc3[nH]ccc3c2)c(CCc2c[nH]c3ccccc23)c(C(F)(F)F)n1. The number of nitrogens with one attached hydrogen (secondary N) is 3. The van der Waals surface area contributed by atoms with Gasteiger partial charge in [0.05, 0.1) is 0 Å². The van der Waals surface area contributed by atoms with Crippen molar-refractivity contribution in [1.29, 1.82) is 0 Å². The summed E-state index contributed by atoms with van der Waals surface area (Å²) in [5.41, 5.74) is 8.42. The minimum Gasteiger partial charge on any atom is -0.368 e. The summed E-state index contributed by atoms with van der Waals surface area (Å²) in [4.78, 5) is 13.9. The van der Waals surface area contributed by atoms with Crippen molar-refractivity contribution in [3.05, 3.63) is 83.3 Å². The van der Waals surface area contributed by atoms with E-state index in [9.17, 15) is 13.2 Å². The lowest BCUT2D eigenvalue weighted by atomic mass is 10.0. The average molecular weight is 450 g/mol. The van der Waals surface area contributed by atoms with Gasteiger partial charge in [0.1, 0.15) is 5.82 Å². The van der Waals surface area contributed by atoms with Gasteiger partial charge in [-0.15, -0.1) is 0 Å². The van der Waals surface area contributed by atoms with Crippen molar-refractivity contribution < 1.29 is 13.2 Å². The molecule has 5 aromatic rings. The number of H-pyrrole nitrogens is 2. The van der Waals surface area contributed by atoms with E-state index in [1.165, 1.54) is 0 Å². The van der Waals surface area contributed by atoms with Crippen LogP contribution in [0, 0.1) is 0 Å². The monoisotopic (exact) mass is 450 g/mol. The number of hydrogen-bond donors (Lipinski definition) is 4. The molecular weight excluding hydrogens is 429 g/mol. The summed E-state index contributed by atoms with van der Waals surface area (Å²) in [6, 6.07) is 15.4. The number of rotatable bonds is 6. The number of anilines is 2. The first-order valence-electron chi connectivity index (χ1n) is 10.5. The molecule has 0 amide bonds. The number of benzene rings is 2. The maximum atomic E-state index is 13.8. The number of fused-ring (bicyclic) bond motifs is 2. The number of nitrogen functional groups attached to an aromatic ring is 1. The molecule has 5 rings (SSSR count). The highest BCUT2D eigenvalue weighted by molar-refractivity contribution is 5.83. The van der Waals surface area contributed by atoms with Crippen molar-refractivity contribution in [2.45, 2.75) is 25.6 Å². The van der Waals surface area contributed by atoms with E-state index < -0.39 is 17.8 Å². The number of nitrogens with zero attached hydrogens (tertiary/aromatic N) is 2. The standard InChI is InChI=1S/C24H21F3N6/c25-24(26,27)21-18(7-6-16-13-30-20-4-2-1-3-17(16)20)22(33-23(28)32-21)31-12-14-5-8-19-15(11-14)9-10-29-19/h1-5,8-11,13,29-30H,6-7,12H2,(H3,28,31,32,33). The maximum absolute atomic E-state index is 13.8. The van der Waals surface area contributed by atoms with Crippen LogP contribution in [0.15, 0.2) is 60.9 Å². The summed E-state index contributed by atoms with van der Waals surface area (Å²) in [6.07, 6.45) is -0.478. The zero-order valence-electron chi connectivity index (χ0n) is 17.5. The Hall–Kier alpha value is -4.01. The number of halogens is 3. The molecule has 0 unspecified atom stereocenters. The highest BCUT2D eigenvalue weighted by Gasteiger charge is 2.37. The molecule has 0 fully saturated rings. The zero-order chi connectivity index (χ0) is 23.0. The van der Waals surface area contributed by atoms with Crippen LogP contribution in [0.3, 0.4) is 0 Å². The highest BCUT2D eigenvalue weighted by atomic mass is 19.4. The molecule has 0 saturated heterocycles. The fourth-order valence-corrected chi connectivity index (χ4v) is 4.12. The predicted octanol–water partition coefficient (Wildman–Crippen LogP) is 5.44. The zero-order valence-corrected chi connectivity index (χ0v) is 17.5. The molecule has 5 N–H and O–H groups in total. The maximum Gasteiger partial charge on any atom is 0.433 e. The molecular formula is C24H21F3N6. The molecule has 0 aliphatic heterocycles. The average Bonchev–Trinajstić information content (AvgIpc) is 3.42. The van der Waals surface area contributed by atoms with E-state index in [0.29, 0.717) is 13.0 Å². The highest BCUT2D eigenvalue weighted by Crippen LogP contribution is 2.35. The third-order valence-corrected chi connectivity index (χ3v) is 5.69. The summed E-state index contributed by atoms with van der Waals surface area (Å²) in [6.45, 7) is 0.301. The van der Waals surface area contributed by atoms with Gasteiger partial charge in [-0.25, -0.2) is 4.98 Å². The van der Waals surface area contributed by atoms with Gasteiger partial charge in [-0.2, -0.15) is 18.2 Å². The van der Waals surface area contributed by atoms with Crippen LogP contribution in [0.2, 0.25) is 0 Å². The third-order valence-electron chi connectivity index (χ3n) is 5.69. The van der Waals surface area contributed by atoms with Gasteiger partial charge < -0.3 is 21.0 Å². The van der Waals surface area contributed by atoms with Crippen LogP contribution >= 0.6 is 0 Å². The second kappa shape index (κ2) is 8.16. The Bertz CT molecular complexity index is 1430. The molecule has 0 saturated carbocycles. The molecule has 0 aliphatic rings. The summed E-state index contributed by atoms with van der Waals surface area (Å²) in [5.74, 6) is -0.314. The summed E-state index contributed by atoms with van der Waals surface area (Å²) in [5, 5.41) is 5.06. The number of alkyl halides is 3. The molecule has 0 spiro atoms. The van der Waals surface area contributed by atoms with Gasteiger partial charge in [-0.3, -0.25) is 0 Å². The van der Waals surface area contributed by atoms with Crippen molar-refractivity contribution in [3.8, 4) is 0 Å². The van der Waals surface area contributed by atoms with Crippen LogP contribution < -0.4 is 11.1 Å². The van der Waals surface area contributed by atoms with E-state index in [-0.39, 0.29) is 17.8 Å². The molecule has 0 aliphatic carbocycles. The molecule has 3 aromatic heterocycles. The van der Waals surface area contributed by atoms with Crippen LogP contribution in [0.1, 0.15) is 22.4 Å². The molecule has 6 nitrogen and oxygen atoms in total. The first-order valence-corrected chi connectivity index (χ1v) is 10.5. The summed E-state index contributed by atoms with van der Waals surface area (Å²) < 4.78 is 41.5. The molecule has 0 radical (unpaired) electrons. The number of aryl methyl sites for hydroxylation is 1. The van der Waals surface area contributed by atoms with Crippen LogP contribution in [0.5, 0.6) is 0 Å². The number of aromatic amines is 2. The van der Waals surface area contributed by atoms with Gasteiger partial charge in [0.25, 0.3) is 0 Å². The lowest BCUT2D eigenvalue weighted by Gasteiger charge is -2.17. The lowest BCUT2D eigenvalue weighted by molar-refractivity contribution is -0.141. The lowest BCUT2D eigenvalue weighted by Crippen LogP contribution is -2.18. The van der Waals surface area contributed by atoms with Gasteiger partial charge in [0, 0.05) is 40.9 Å². The summed E-state index contributed by atoms with van der Waals surface area (Å²) >= 11 is 0. The Balaban J connectivity index is 1.46. The van der Waals surface area contributed by atoms with Gasteiger partial charge >= 0.3 is 6.18 Å². The quantitative estimate of drug-likeness (QED) is 0.277. The Morgan fingerprint density at radius 3 is 2.64 bits per heavy atom. The van der Waals surface area contributed by atoms with Crippen LogP contribution in [0.4, 0.5) is 24.9 Å². The van der Waals surface area contributed by atoms with Crippen LogP contribution in [-0.4, -0.2) is 19.9 Å². The first-order chi connectivity index (χ1) is 15.9. The van der Waals surface area contributed by atoms with Crippen molar-refractivity contribution in [1.82, 2.24) is 19.9 Å². The van der Waals surface area contributed by atoms with E-state index in [1.807, 2.05) is 60.9 Å². The Morgan fingerprint density at radius 1 is 0.939 bits per heavy atom. The number of aromatic nitrogens is 4. The van der Waals surface area contributed by atoms with Crippen molar-refractivity contribution in [2.75, 3.05) is 11.1 Å². The van der Waals surface area contributed by atoms with E-state index in [0.717, 1.165) is 32.9 Å². The fourth-order valence-electron chi connectivity index (χ4n) is 4.12. The van der Waals surface area contributed by atoms with Crippen molar-refractivity contribution >= 4 is 33.6 Å². The molecule has 168 valence electrons. The van der Waals surface area contributed by atoms with Crippen LogP contribution in [0.25, 0.3) is 21.8 Å². The predicted molar refractivity (Wildman–Crippen MR) is 123 cm³/mol. The Labute approximate surface area is 187 Å². The van der Waals surface area contributed by atoms with E-state index in [2.05, 4.69) is 25.3 Å². The Morgan fingerprint density at radius 2 is 1.79 bits per heavy atom. The molecule has 3 heterocycles. The van der Waals surface area contributed by atoms with Gasteiger partial charge in [0.2, 0.25) is 5.95 Å². The second-order valence-corrected chi connectivity index (χ2v) is 7.87. The molecule has 0 bridgehead atoms. The fraction of sp³-hybridized carbons (Fsp3) is 0.167. The molecule has 2 aromatic carbocycles. The molecule has 0 atom stereocenters. The first kappa shape index (κ1) is 20.9. The number of para-hydroxylation sites is 1. The van der Waals surface area contributed by atoms with Crippen LogP contribution in [-0.2, 0) is 25.6 Å². The van der Waals surface area contributed by atoms with Gasteiger partial charge in [-0.1, -0.05) is 24.3 Å². The third kappa shape index (κ3) is 4.21. The van der Waals surface area contributed by atoms with E-state index in [1.54, 1.807) is 0 Å². The second-order valence-electron chi connectivity index (χ2n) is 7.87. The largest absolute Gasteiger partial charge is 0.433 e.